The van der Waals surface area contributed by atoms with Crippen molar-refractivity contribution < 1.29 is 9.53 Å². The minimum absolute atomic E-state index is 0.250. The second kappa shape index (κ2) is 5.53. The number of nitrogens with zero attached hydrogens (tertiary/aromatic N) is 1. The summed E-state index contributed by atoms with van der Waals surface area (Å²) in [6.07, 6.45) is 4.19. The zero-order chi connectivity index (χ0) is 13.0. The van der Waals surface area contributed by atoms with Crippen LogP contribution in [0.15, 0.2) is 23.2 Å². The number of amides is 1. The predicted molar refractivity (Wildman–Crippen MR) is 71.0 cm³/mol. The van der Waals surface area contributed by atoms with Gasteiger partial charge in [0, 0.05) is 7.05 Å². The molecule has 2 rings (SSSR count). The molecule has 18 heavy (non-hydrogen) atoms. The first-order chi connectivity index (χ1) is 8.76. The molecular weight excluding hydrogens is 230 g/mol. The van der Waals surface area contributed by atoms with Gasteiger partial charge in [0.15, 0.2) is 0 Å². The second-order valence-corrected chi connectivity index (χ2v) is 4.22. The van der Waals surface area contributed by atoms with Crippen LogP contribution in [0.2, 0.25) is 0 Å². The van der Waals surface area contributed by atoms with Crippen LogP contribution in [0, 0.1) is 0 Å². The lowest BCUT2D eigenvalue weighted by Crippen LogP contribution is -2.26. The van der Waals surface area contributed by atoms with Crippen molar-refractivity contribution in [2.24, 2.45) is 10.7 Å². The van der Waals surface area contributed by atoms with Crippen molar-refractivity contribution >= 4 is 17.9 Å². The number of amidine groups is 1. The van der Waals surface area contributed by atoms with Gasteiger partial charge in [0.2, 0.25) is 6.41 Å². The molecule has 1 aliphatic rings. The summed E-state index contributed by atoms with van der Waals surface area (Å²) in [7, 11) is 1.61. The number of aliphatic imine (C=N–C) groups is 1. The molecule has 3 N–H and O–H groups in total. The number of anilines is 1. The fraction of sp³-hybridized carbons (Fsp3) is 0.385. The standard InChI is InChI=1S/C13H17N3O2/c1-15-13(14)12-10(16-8-17)6-3-7-11(12)18-9-4-2-5-9/h3,6-9H,2,4-5H2,1H3,(H2,14,15)(H,16,17). The van der Waals surface area contributed by atoms with Crippen LogP contribution in [0.25, 0.3) is 0 Å². The minimum Gasteiger partial charge on any atom is -0.490 e. The molecule has 0 bridgehead atoms. The SMILES string of the molecule is C/N=C(/N)c1c(NC=O)cccc1OC1CCC1. The molecule has 5 heteroatoms. The van der Waals surface area contributed by atoms with E-state index in [-0.39, 0.29) is 6.10 Å². The number of nitrogens with two attached hydrogens (primary N) is 1. The fourth-order valence-electron chi connectivity index (χ4n) is 1.86. The Morgan fingerprint density at radius 3 is 2.89 bits per heavy atom. The van der Waals surface area contributed by atoms with Gasteiger partial charge < -0.3 is 15.8 Å². The van der Waals surface area contributed by atoms with Gasteiger partial charge in [-0.05, 0) is 31.4 Å². The molecule has 0 aromatic heterocycles. The Hall–Kier alpha value is -2.04. The van der Waals surface area contributed by atoms with E-state index in [0.29, 0.717) is 29.2 Å². The lowest BCUT2D eigenvalue weighted by atomic mass is 9.96. The maximum Gasteiger partial charge on any atom is 0.211 e. The lowest BCUT2D eigenvalue weighted by Gasteiger charge is -2.27. The highest BCUT2D eigenvalue weighted by Gasteiger charge is 2.22. The van der Waals surface area contributed by atoms with Crippen LogP contribution in [-0.4, -0.2) is 25.4 Å². The monoisotopic (exact) mass is 247 g/mol. The average molecular weight is 247 g/mol. The Kier molecular flexibility index (Phi) is 3.82. The van der Waals surface area contributed by atoms with Gasteiger partial charge in [-0.25, -0.2) is 0 Å². The van der Waals surface area contributed by atoms with E-state index in [2.05, 4.69) is 10.3 Å². The summed E-state index contributed by atoms with van der Waals surface area (Å²) >= 11 is 0. The van der Waals surface area contributed by atoms with E-state index in [1.54, 1.807) is 13.1 Å². The Morgan fingerprint density at radius 1 is 1.56 bits per heavy atom. The Bertz CT molecular complexity index is 467. The molecule has 0 spiro atoms. The summed E-state index contributed by atoms with van der Waals surface area (Å²) in [5.74, 6) is 1.03. The molecule has 1 fully saturated rings. The zero-order valence-electron chi connectivity index (χ0n) is 10.3. The third-order valence-electron chi connectivity index (χ3n) is 3.08. The average Bonchev–Trinajstić information content (AvgIpc) is 2.33. The molecular formula is C13H17N3O2. The smallest absolute Gasteiger partial charge is 0.211 e. The number of benzene rings is 1. The van der Waals surface area contributed by atoms with Crippen LogP contribution >= 0.6 is 0 Å². The molecule has 0 aliphatic heterocycles. The van der Waals surface area contributed by atoms with Crippen molar-refractivity contribution in [3.05, 3.63) is 23.8 Å². The van der Waals surface area contributed by atoms with Crippen LogP contribution in [0.4, 0.5) is 5.69 Å². The van der Waals surface area contributed by atoms with E-state index >= 15 is 0 Å². The van der Waals surface area contributed by atoms with Gasteiger partial charge >= 0.3 is 0 Å². The van der Waals surface area contributed by atoms with E-state index in [9.17, 15) is 4.79 Å². The van der Waals surface area contributed by atoms with Gasteiger partial charge in [0.25, 0.3) is 0 Å². The second-order valence-electron chi connectivity index (χ2n) is 4.22. The topological polar surface area (TPSA) is 76.7 Å². The summed E-state index contributed by atoms with van der Waals surface area (Å²) in [6.45, 7) is 0. The number of hydrogen-bond donors (Lipinski definition) is 2. The van der Waals surface area contributed by atoms with Crippen molar-refractivity contribution in [3.63, 3.8) is 0 Å². The van der Waals surface area contributed by atoms with Gasteiger partial charge in [-0.3, -0.25) is 9.79 Å². The lowest BCUT2D eigenvalue weighted by molar-refractivity contribution is -0.105. The molecule has 96 valence electrons. The van der Waals surface area contributed by atoms with Crippen molar-refractivity contribution in [3.8, 4) is 5.75 Å². The number of hydrogen-bond acceptors (Lipinski definition) is 3. The number of carbonyl (C=O) groups excluding carboxylic acids is 1. The van der Waals surface area contributed by atoms with Crippen LogP contribution in [0.3, 0.4) is 0 Å². The molecule has 1 aromatic rings. The molecule has 0 unspecified atom stereocenters. The van der Waals surface area contributed by atoms with Gasteiger partial charge in [-0.2, -0.15) is 0 Å². The summed E-state index contributed by atoms with van der Waals surface area (Å²) in [6, 6.07) is 5.45. The number of carbonyl (C=O) groups is 1. The first-order valence-electron chi connectivity index (χ1n) is 5.98. The quantitative estimate of drug-likeness (QED) is 0.470. The fourth-order valence-corrected chi connectivity index (χ4v) is 1.86. The van der Waals surface area contributed by atoms with E-state index in [0.717, 1.165) is 12.8 Å². The Morgan fingerprint density at radius 2 is 2.33 bits per heavy atom. The summed E-state index contributed by atoms with van der Waals surface area (Å²) in [5.41, 5.74) is 7.14. The van der Waals surface area contributed by atoms with Crippen molar-refractivity contribution in [1.82, 2.24) is 0 Å². The number of ether oxygens (including phenoxy) is 1. The third kappa shape index (κ3) is 2.45. The summed E-state index contributed by atoms with van der Waals surface area (Å²) < 4.78 is 5.87. The molecule has 1 aliphatic carbocycles. The van der Waals surface area contributed by atoms with Crippen molar-refractivity contribution in [2.75, 3.05) is 12.4 Å². The summed E-state index contributed by atoms with van der Waals surface area (Å²) in [4.78, 5) is 14.6. The first kappa shape index (κ1) is 12.4. The predicted octanol–water partition coefficient (Wildman–Crippen LogP) is 1.52. The van der Waals surface area contributed by atoms with Crippen LogP contribution in [0.5, 0.6) is 5.75 Å². The van der Waals surface area contributed by atoms with Crippen LogP contribution in [-0.2, 0) is 4.79 Å². The third-order valence-corrected chi connectivity index (χ3v) is 3.08. The molecule has 5 nitrogen and oxygen atoms in total. The number of nitrogens with one attached hydrogen (secondary N) is 1. The normalized spacial score (nSPS) is 15.9. The maximum absolute atomic E-state index is 10.6. The maximum atomic E-state index is 10.6. The molecule has 0 saturated heterocycles. The molecule has 0 atom stereocenters. The van der Waals surface area contributed by atoms with Gasteiger partial charge in [-0.15, -0.1) is 0 Å². The molecule has 1 aromatic carbocycles. The Balaban J connectivity index is 2.36. The zero-order valence-corrected chi connectivity index (χ0v) is 10.3. The molecule has 1 amide bonds. The van der Waals surface area contributed by atoms with E-state index < -0.39 is 0 Å². The highest BCUT2D eigenvalue weighted by atomic mass is 16.5. The van der Waals surface area contributed by atoms with E-state index in [4.69, 9.17) is 10.5 Å². The summed E-state index contributed by atoms with van der Waals surface area (Å²) in [5, 5.41) is 2.62. The molecule has 0 radical (unpaired) electrons. The van der Waals surface area contributed by atoms with Crippen LogP contribution < -0.4 is 15.8 Å². The van der Waals surface area contributed by atoms with E-state index in [1.807, 2.05) is 12.1 Å². The number of rotatable bonds is 5. The van der Waals surface area contributed by atoms with Crippen molar-refractivity contribution in [2.45, 2.75) is 25.4 Å². The Labute approximate surface area is 106 Å². The highest BCUT2D eigenvalue weighted by molar-refractivity contribution is 6.06. The van der Waals surface area contributed by atoms with E-state index in [1.165, 1.54) is 6.42 Å². The minimum atomic E-state index is 0.250. The first-order valence-corrected chi connectivity index (χ1v) is 5.98. The van der Waals surface area contributed by atoms with Crippen molar-refractivity contribution in [1.29, 1.82) is 0 Å². The largest absolute Gasteiger partial charge is 0.490 e. The highest BCUT2D eigenvalue weighted by Crippen LogP contribution is 2.31. The molecule has 0 heterocycles. The van der Waals surface area contributed by atoms with Gasteiger partial charge in [0.1, 0.15) is 11.6 Å². The van der Waals surface area contributed by atoms with Gasteiger partial charge in [-0.1, -0.05) is 6.07 Å². The molecule has 1 saturated carbocycles. The van der Waals surface area contributed by atoms with Crippen LogP contribution in [0.1, 0.15) is 24.8 Å². The van der Waals surface area contributed by atoms with Gasteiger partial charge in [0.05, 0.1) is 17.4 Å².